The minimum absolute atomic E-state index is 0.000893. The van der Waals surface area contributed by atoms with Gasteiger partial charge in [0.15, 0.2) is 18.0 Å². The molecule has 1 aromatic heterocycles. The van der Waals surface area contributed by atoms with Crippen molar-refractivity contribution in [2.24, 2.45) is 39.4 Å². The summed E-state index contributed by atoms with van der Waals surface area (Å²) in [6.07, 6.45) is -5.15. The summed E-state index contributed by atoms with van der Waals surface area (Å²) in [7, 11) is 0. The highest BCUT2D eigenvalue weighted by Crippen LogP contribution is 2.83. The molecule has 16 atom stereocenters. The van der Waals surface area contributed by atoms with Gasteiger partial charge in [-0.05, 0) is 43.7 Å². The third-order valence-corrected chi connectivity index (χ3v) is 14.1. The van der Waals surface area contributed by atoms with E-state index in [1.807, 2.05) is 20.8 Å². The van der Waals surface area contributed by atoms with E-state index in [-0.39, 0.29) is 18.9 Å². The predicted octanol–water partition coefficient (Wildman–Crippen LogP) is 2.60. The first-order valence-corrected chi connectivity index (χ1v) is 17.8. The molecule has 4 saturated carbocycles. The lowest BCUT2D eigenvalue weighted by Crippen LogP contribution is -2.84. The maximum absolute atomic E-state index is 15.3. The molecule has 2 bridgehead atoms. The molecule has 0 aromatic carbocycles. The molecule has 2 aliphatic heterocycles. The van der Waals surface area contributed by atoms with Crippen LogP contribution in [0, 0.1) is 39.4 Å². The van der Waals surface area contributed by atoms with Crippen LogP contribution in [-0.4, -0.2) is 95.0 Å². The van der Waals surface area contributed by atoms with Crippen molar-refractivity contribution in [1.82, 2.24) is 0 Å². The molecule has 51 heavy (non-hydrogen) atoms. The lowest BCUT2D eigenvalue weighted by atomic mass is 9.33. The Morgan fingerprint density at radius 1 is 0.961 bits per heavy atom. The van der Waals surface area contributed by atoms with Crippen LogP contribution in [0.2, 0.25) is 0 Å². The third-order valence-electron chi connectivity index (χ3n) is 14.1. The number of epoxide rings is 1. The second-order valence-electron chi connectivity index (χ2n) is 16.3. The van der Waals surface area contributed by atoms with Crippen molar-refractivity contribution in [3.05, 3.63) is 24.2 Å². The van der Waals surface area contributed by atoms with Crippen molar-refractivity contribution in [1.29, 1.82) is 0 Å². The number of hydrogen-bond donors (Lipinski definition) is 2. The van der Waals surface area contributed by atoms with E-state index >= 15 is 4.79 Å². The number of hydrogen-bond acceptors (Lipinski definition) is 14. The van der Waals surface area contributed by atoms with Gasteiger partial charge in [0.2, 0.25) is 6.29 Å². The summed E-state index contributed by atoms with van der Waals surface area (Å²) in [4.78, 5) is 67.1. The van der Waals surface area contributed by atoms with Crippen LogP contribution in [0.1, 0.15) is 86.1 Å². The molecular weight excluding hydrogens is 668 g/mol. The molecule has 2 saturated heterocycles. The Balaban J connectivity index is 1.46. The lowest BCUT2D eigenvalue weighted by Gasteiger charge is -2.73. The Morgan fingerprint density at radius 3 is 2.22 bits per heavy atom. The number of Topliss-reactive ketones (excluding diaryl/α,β-unsaturated/α-hetero) is 1. The molecule has 280 valence electrons. The van der Waals surface area contributed by atoms with Gasteiger partial charge in [0, 0.05) is 48.9 Å². The predicted molar refractivity (Wildman–Crippen MR) is 171 cm³/mol. The minimum atomic E-state index is -1.70. The summed E-state index contributed by atoms with van der Waals surface area (Å²) >= 11 is 0. The van der Waals surface area contributed by atoms with Gasteiger partial charge in [-0.15, -0.1) is 0 Å². The molecule has 1 spiro atoms. The van der Waals surface area contributed by atoms with Gasteiger partial charge < -0.3 is 43.1 Å². The fourth-order valence-corrected chi connectivity index (χ4v) is 11.9. The molecule has 0 unspecified atom stereocenters. The van der Waals surface area contributed by atoms with Crippen LogP contribution in [0.15, 0.2) is 23.0 Å². The standard InChI is InChI=1S/C37H48O14/c1-9-16(2)31(44)50-32-33(6)22-13-23(47-17(3)38)35(8)27(36(22,15-46-32)29(43)26(48-18(4)39)30(33)49-19(5)40)25(41)28(42)34(7)21(20-10-11-45-14-20)12-24-37(34,35)51-24/h10-11,14,16,21-24,26-30,32,42-43H,9,12-13,15H2,1-8H3/t16-,21+,22+,23-,24-,26-,27+,28-,29+,30-,32-,33-,34-,35-,36+,37-/m1/s1. The van der Waals surface area contributed by atoms with Gasteiger partial charge >= 0.3 is 23.9 Å². The number of aliphatic hydroxyl groups is 2. The maximum atomic E-state index is 15.3. The Labute approximate surface area is 295 Å². The number of furan rings is 1. The summed E-state index contributed by atoms with van der Waals surface area (Å²) in [5.74, 6) is -6.50. The molecule has 2 N–H and O–H groups in total. The molecule has 0 amide bonds. The summed E-state index contributed by atoms with van der Waals surface area (Å²) < 4.78 is 42.4. The first-order chi connectivity index (χ1) is 23.9. The van der Waals surface area contributed by atoms with E-state index in [0.717, 1.165) is 19.4 Å². The van der Waals surface area contributed by atoms with E-state index in [1.165, 1.54) is 13.2 Å². The fourth-order valence-electron chi connectivity index (χ4n) is 11.9. The fraction of sp³-hybridized carbons (Fsp3) is 0.757. The molecule has 7 rings (SSSR count). The highest BCUT2D eigenvalue weighted by molar-refractivity contribution is 5.91. The van der Waals surface area contributed by atoms with Gasteiger partial charge in [-0.25, -0.2) is 0 Å². The Bertz CT molecular complexity index is 1640. The van der Waals surface area contributed by atoms with Crippen molar-refractivity contribution >= 4 is 29.7 Å². The van der Waals surface area contributed by atoms with Crippen LogP contribution in [0.5, 0.6) is 0 Å². The van der Waals surface area contributed by atoms with Gasteiger partial charge in [-0.2, -0.15) is 0 Å². The lowest BCUT2D eigenvalue weighted by molar-refractivity contribution is -0.391. The summed E-state index contributed by atoms with van der Waals surface area (Å²) in [5, 5.41) is 25.0. The first kappa shape index (κ1) is 36.0. The van der Waals surface area contributed by atoms with Crippen LogP contribution in [0.4, 0.5) is 0 Å². The second kappa shape index (κ2) is 11.6. The number of ketones is 1. The van der Waals surface area contributed by atoms with E-state index in [9.17, 15) is 29.4 Å². The molecule has 14 nitrogen and oxygen atoms in total. The number of fused-ring (bicyclic) bond motifs is 1. The zero-order valence-electron chi connectivity index (χ0n) is 30.2. The molecular formula is C37H48O14. The number of esters is 4. The van der Waals surface area contributed by atoms with E-state index in [4.69, 9.17) is 32.8 Å². The second-order valence-corrected chi connectivity index (χ2v) is 16.3. The zero-order chi connectivity index (χ0) is 37.2. The van der Waals surface area contributed by atoms with Gasteiger partial charge in [0.05, 0.1) is 36.6 Å². The van der Waals surface area contributed by atoms with Crippen molar-refractivity contribution < 1.29 is 67.0 Å². The third kappa shape index (κ3) is 4.33. The highest BCUT2D eigenvalue weighted by atomic mass is 16.7. The first-order valence-electron chi connectivity index (χ1n) is 17.8. The number of aliphatic hydroxyl groups excluding tert-OH is 2. The van der Waals surface area contributed by atoms with Crippen LogP contribution >= 0.6 is 0 Å². The zero-order valence-corrected chi connectivity index (χ0v) is 30.2. The normalized spacial score (nSPS) is 48.2. The molecule has 3 heterocycles. The largest absolute Gasteiger partial charge is 0.472 e. The maximum Gasteiger partial charge on any atom is 0.310 e. The summed E-state index contributed by atoms with van der Waals surface area (Å²) in [6.45, 7) is 12.0. The number of carbonyl (C=O) groups is 5. The van der Waals surface area contributed by atoms with Gasteiger partial charge in [-0.3, -0.25) is 24.0 Å². The topological polar surface area (TPSA) is 198 Å². The number of rotatable bonds is 7. The Hall–Kier alpha value is -3.33. The molecule has 1 aromatic rings. The van der Waals surface area contributed by atoms with E-state index in [1.54, 1.807) is 26.2 Å². The highest BCUT2D eigenvalue weighted by Gasteiger charge is 2.93. The van der Waals surface area contributed by atoms with E-state index in [2.05, 4.69) is 0 Å². The van der Waals surface area contributed by atoms with Gasteiger partial charge in [0.1, 0.15) is 23.9 Å². The van der Waals surface area contributed by atoms with Gasteiger partial charge in [-0.1, -0.05) is 27.7 Å². The molecule has 14 heteroatoms. The Kier molecular flexibility index (Phi) is 8.19. The number of carbonyl (C=O) groups excluding carboxylic acids is 5. The molecule has 4 aliphatic carbocycles. The average molecular weight is 717 g/mol. The van der Waals surface area contributed by atoms with Crippen molar-refractivity contribution in [2.75, 3.05) is 6.61 Å². The van der Waals surface area contributed by atoms with Crippen molar-refractivity contribution in [3.63, 3.8) is 0 Å². The Morgan fingerprint density at radius 2 is 1.63 bits per heavy atom. The minimum Gasteiger partial charge on any atom is -0.472 e. The summed E-state index contributed by atoms with van der Waals surface area (Å²) in [5.41, 5.74) is -6.24. The van der Waals surface area contributed by atoms with E-state index < -0.39 is 118 Å². The van der Waals surface area contributed by atoms with E-state index in [0.29, 0.717) is 12.8 Å². The van der Waals surface area contributed by atoms with Crippen LogP contribution in [0.3, 0.4) is 0 Å². The van der Waals surface area contributed by atoms with Gasteiger partial charge in [0.25, 0.3) is 0 Å². The molecule has 0 radical (unpaired) electrons. The average Bonchev–Trinajstić information content (AvgIpc) is 3.42. The summed E-state index contributed by atoms with van der Waals surface area (Å²) in [6, 6.07) is 1.80. The van der Waals surface area contributed by atoms with Crippen LogP contribution in [0.25, 0.3) is 0 Å². The van der Waals surface area contributed by atoms with Crippen LogP contribution in [-0.2, 0) is 52.4 Å². The SMILES string of the molecule is CC[C@@H](C)C(=O)O[C@H]1OC[C@@]23[C@H]4C(=O)[C@@H](O)[C@@]5(C)[C@H](c6ccoc6)C[C@H]6O[C@]65[C@]4(C)[C@H](OC(C)=O)C[C@H]2[C@]1(C)[C@H](OC(C)=O)[C@H](OC(C)=O)[C@@H]3O. The number of ether oxygens (including phenoxy) is 6. The molecule has 6 aliphatic rings. The smallest absolute Gasteiger partial charge is 0.310 e. The monoisotopic (exact) mass is 716 g/mol. The van der Waals surface area contributed by atoms with Crippen LogP contribution < -0.4 is 0 Å². The van der Waals surface area contributed by atoms with Crippen molar-refractivity contribution in [2.45, 2.75) is 129 Å². The quantitative estimate of drug-likeness (QED) is 0.237. The molecule has 6 fully saturated rings. The van der Waals surface area contributed by atoms with Crippen molar-refractivity contribution in [3.8, 4) is 0 Å².